The zero-order chi connectivity index (χ0) is 11.5. The Hall–Kier alpha value is -1.71. The summed E-state index contributed by atoms with van der Waals surface area (Å²) in [6, 6.07) is 3.86. The number of aryl methyl sites for hydroxylation is 1. The maximum absolute atomic E-state index is 10.5. The summed E-state index contributed by atoms with van der Waals surface area (Å²) in [6.07, 6.45) is 1.54. The van der Waals surface area contributed by atoms with E-state index in [1.807, 2.05) is 12.1 Å². The van der Waals surface area contributed by atoms with Crippen LogP contribution in [0.25, 0.3) is 0 Å². The van der Waals surface area contributed by atoms with Crippen molar-refractivity contribution in [3.63, 3.8) is 0 Å². The van der Waals surface area contributed by atoms with E-state index in [0.29, 0.717) is 18.8 Å². The van der Waals surface area contributed by atoms with E-state index in [4.69, 9.17) is 14.6 Å². The lowest BCUT2D eigenvalue weighted by molar-refractivity contribution is -0.136. The average molecular weight is 222 g/mol. The lowest BCUT2D eigenvalue weighted by atomic mass is 10.0. The first-order valence-corrected chi connectivity index (χ1v) is 5.25. The Balaban J connectivity index is 2.24. The number of rotatable bonds is 4. The predicted octanol–water partition coefficient (Wildman–Crippen LogP) is 1.65. The summed E-state index contributed by atoms with van der Waals surface area (Å²) >= 11 is 0. The fourth-order valence-corrected chi connectivity index (χ4v) is 1.88. The van der Waals surface area contributed by atoms with E-state index in [1.54, 1.807) is 7.11 Å². The van der Waals surface area contributed by atoms with E-state index in [-0.39, 0.29) is 6.42 Å². The lowest BCUT2D eigenvalue weighted by Crippen LogP contribution is -1.98. The molecule has 0 unspecified atom stereocenters. The summed E-state index contributed by atoms with van der Waals surface area (Å²) in [5.41, 5.74) is 2.10. The van der Waals surface area contributed by atoms with Crippen molar-refractivity contribution in [2.45, 2.75) is 19.3 Å². The summed E-state index contributed by atoms with van der Waals surface area (Å²) in [5, 5.41) is 8.64. The molecule has 86 valence electrons. The van der Waals surface area contributed by atoms with Crippen molar-refractivity contribution < 1.29 is 19.4 Å². The first kappa shape index (κ1) is 10.8. The van der Waals surface area contributed by atoms with Crippen molar-refractivity contribution in [3.05, 3.63) is 23.3 Å². The predicted molar refractivity (Wildman–Crippen MR) is 58.1 cm³/mol. The second-order valence-electron chi connectivity index (χ2n) is 3.78. The van der Waals surface area contributed by atoms with Gasteiger partial charge in [0.1, 0.15) is 0 Å². The molecule has 1 heterocycles. The first-order chi connectivity index (χ1) is 7.70. The minimum atomic E-state index is -0.782. The van der Waals surface area contributed by atoms with Crippen LogP contribution in [0.3, 0.4) is 0 Å². The highest BCUT2D eigenvalue weighted by atomic mass is 16.5. The summed E-state index contributed by atoms with van der Waals surface area (Å²) in [7, 11) is 1.60. The second-order valence-corrected chi connectivity index (χ2v) is 3.78. The number of benzene rings is 1. The van der Waals surface area contributed by atoms with Crippen LogP contribution in [0.15, 0.2) is 12.1 Å². The molecule has 0 bridgehead atoms. The molecule has 1 aliphatic heterocycles. The molecule has 1 aromatic carbocycles. The zero-order valence-electron chi connectivity index (χ0n) is 9.16. The van der Waals surface area contributed by atoms with Crippen molar-refractivity contribution in [3.8, 4) is 11.5 Å². The van der Waals surface area contributed by atoms with E-state index in [9.17, 15) is 4.79 Å². The maximum Gasteiger partial charge on any atom is 0.303 e. The fraction of sp³-hybridized carbons (Fsp3) is 0.417. The number of fused-ring (bicyclic) bond motifs is 1. The van der Waals surface area contributed by atoms with Gasteiger partial charge in [0.2, 0.25) is 0 Å². The van der Waals surface area contributed by atoms with E-state index >= 15 is 0 Å². The van der Waals surface area contributed by atoms with Crippen molar-refractivity contribution in [2.24, 2.45) is 0 Å². The van der Waals surface area contributed by atoms with Gasteiger partial charge in [0, 0.05) is 18.4 Å². The minimum Gasteiger partial charge on any atom is -0.493 e. The molecule has 16 heavy (non-hydrogen) atoms. The van der Waals surface area contributed by atoms with E-state index in [1.165, 1.54) is 0 Å². The van der Waals surface area contributed by atoms with Crippen LogP contribution in [0, 0.1) is 0 Å². The highest BCUT2D eigenvalue weighted by Crippen LogP contribution is 2.36. The Morgan fingerprint density at radius 1 is 1.56 bits per heavy atom. The van der Waals surface area contributed by atoms with Crippen LogP contribution in [0.2, 0.25) is 0 Å². The van der Waals surface area contributed by atoms with Crippen molar-refractivity contribution in [1.82, 2.24) is 0 Å². The Labute approximate surface area is 93.8 Å². The van der Waals surface area contributed by atoms with Gasteiger partial charge >= 0.3 is 5.97 Å². The molecular formula is C12H14O4. The van der Waals surface area contributed by atoms with Gasteiger partial charge in [-0.2, -0.15) is 0 Å². The van der Waals surface area contributed by atoms with Crippen LogP contribution >= 0.6 is 0 Å². The van der Waals surface area contributed by atoms with Crippen molar-refractivity contribution in [1.29, 1.82) is 0 Å². The first-order valence-electron chi connectivity index (χ1n) is 5.25. The second kappa shape index (κ2) is 4.43. The third kappa shape index (κ3) is 2.10. The van der Waals surface area contributed by atoms with Gasteiger partial charge in [0.05, 0.1) is 13.7 Å². The lowest BCUT2D eigenvalue weighted by Gasteiger charge is -2.09. The highest BCUT2D eigenvalue weighted by molar-refractivity contribution is 5.67. The number of carbonyl (C=O) groups is 1. The van der Waals surface area contributed by atoms with Gasteiger partial charge in [0.25, 0.3) is 0 Å². The minimum absolute atomic E-state index is 0.142. The number of hydrogen-bond donors (Lipinski definition) is 1. The molecule has 0 fully saturated rings. The average Bonchev–Trinajstić information content (AvgIpc) is 2.73. The van der Waals surface area contributed by atoms with Crippen molar-refractivity contribution in [2.75, 3.05) is 13.7 Å². The molecule has 0 saturated heterocycles. The quantitative estimate of drug-likeness (QED) is 0.841. The highest BCUT2D eigenvalue weighted by Gasteiger charge is 2.18. The van der Waals surface area contributed by atoms with Crippen LogP contribution in [-0.4, -0.2) is 24.8 Å². The number of carboxylic acid groups (broad SMARTS) is 1. The summed E-state index contributed by atoms with van der Waals surface area (Å²) in [4.78, 5) is 10.5. The molecular weight excluding hydrogens is 208 g/mol. The molecule has 0 radical (unpaired) electrons. The molecule has 4 nitrogen and oxygen atoms in total. The number of aliphatic carboxylic acids is 1. The van der Waals surface area contributed by atoms with Gasteiger partial charge in [-0.25, -0.2) is 0 Å². The van der Waals surface area contributed by atoms with Gasteiger partial charge in [-0.3, -0.25) is 4.79 Å². The largest absolute Gasteiger partial charge is 0.493 e. The van der Waals surface area contributed by atoms with Gasteiger partial charge in [0.15, 0.2) is 11.5 Å². The standard InChI is InChI=1S/C12H14O4/c1-15-10-7-8(2-3-11(13)14)6-9-4-5-16-12(9)10/h6-7H,2-5H2,1H3,(H,13,14). The van der Waals surface area contributed by atoms with E-state index in [0.717, 1.165) is 23.3 Å². The van der Waals surface area contributed by atoms with Crippen LogP contribution in [0.4, 0.5) is 0 Å². The van der Waals surface area contributed by atoms with Crippen LogP contribution in [-0.2, 0) is 17.6 Å². The maximum atomic E-state index is 10.5. The molecule has 1 N–H and O–H groups in total. The third-order valence-corrected chi connectivity index (χ3v) is 2.66. The van der Waals surface area contributed by atoms with E-state index in [2.05, 4.69) is 0 Å². The molecule has 0 aliphatic carbocycles. The molecule has 0 saturated carbocycles. The topological polar surface area (TPSA) is 55.8 Å². The summed E-state index contributed by atoms with van der Waals surface area (Å²) in [6.45, 7) is 0.675. The molecule has 4 heteroatoms. The summed E-state index contributed by atoms with van der Waals surface area (Å²) in [5.74, 6) is 0.729. The molecule has 0 atom stereocenters. The normalized spacial score (nSPS) is 13.1. The van der Waals surface area contributed by atoms with Crippen LogP contribution in [0.5, 0.6) is 11.5 Å². The smallest absolute Gasteiger partial charge is 0.303 e. The van der Waals surface area contributed by atoms with Gasteiger partial charge < -0.3 is 14.6 Å². The zero-order valence-corrected chi connectivity index (χ0v) is 9.16. The molecule has 1 aliphatic rings. The Bertz CT molecular complexity index is 412. The van der Waals surface area contributed by atoms with Crippen LogP contribution in [0.1, 0.15) is 17.5 Å². The Morgan fingerprint density at radius 2 is 2.38 bits per heavy atom. The Morgan fingerprint density at radius 3 is 3.06 bits per heavy atom. The number of methoxy groups -OCH3 is 1. The Kier molecular flexibility index (Phi) is 2.99. The molecule has 1 aromatic rings. The number of carboxylic acids is 1. The van der Waals surface area contributed by atoms with Crippen LogP contribution < -0.4 is 9.47 Å². The van der Waals surface area contributed by atoms with Gasteiger partial charge in [-0.15, -0.1) is 0 Å². The number of ether oxygens (including phenoxy) is 2. The molecule has 0 amide bonds. The van der Waals surface area contributed by atoms with Gasteiger partial charge in [-0.1, -0.05) is 6.07 Å². The van der Waals surface area contributed by atoms with Crippen molar-refractivity contribution >= 4 is 5.97 Å². The third-order valence-electron chi connectivity index (χ3n) is 2.66. The van der Waals surface area contributed by atoms with Gasteiger partial charge in [-0.05, 0) is 18.1 Å². The molecule has 2 rings (SSSR count). The number of hydrogen-bond acceptors (Lipinski definition) is 3. The van der Waals surface area contributed by atoms with E-state index < -0.39 is 5.97 Å². The molecule has 0 spiro atoms. The SMILES string of the molecule is COc1cc(CCC(=O)O)cc2c1OCC2. The monoisotopic (exact) mass is 222 g/mol. The molecule has 0 aromatic heterocycles. The summed E-state index contributed by atoms with van der Waals surface area (Å²) < 4.78 is 10.7. The fourth-order valence-electron chi connectivity index (χ4n) is 1.88.